The van der Waals surface area contributed by atoms with Gasteiger partial charge in [-0.15, -0.1) is 0 Å². The van der Waals surface area contributed by atoms with E-state index in [0.717, 1.165) is 16.6 Å². The van der Waals surface area contributed by atoms with Crippen molar-refractivity contribution in [1.82, 2.24) is 4.98 Å². The van der Waals surface area contributed by atoms with E-state index in [1.54, 1.807) is 0 Å². The van der Waals surface area contributed by atoms with Gasteiger partial charge in [0.05, 0.1) is 11.1 Å². The van der Waals surface area contributed by atoms with Crippen LogP contribution in [0, 0.1) is 0 Å². The third-order valence-electron chi connectivity index (χ3n) is 3.20. The summed E-state index contributed by atoms with van der Waals surface area (Å²) in [5, 5.41) is 12.6. The van der Waals surface area contributed by atoms with Gasteiger partial charge in [-0.05, 0) is 19.9 Å². The first-order chi connectivity index (χ1) is 8.07. The average Bonchev–Trinajstić information content (AvgIpc) is 2.65. The first kappa shape index (κ1) is 10.4. The number of aromatic amines is 1. The highest BCUT2D eigenvalue weighted by molar-refractivity contribution is 6.08. The van der Waals surface area contributed by atoms with E-state index in [0.29, 0.717) is 0 Å². The second-order valence-electron chi connectivity index (χ2n) is 4.96. The fourth-order valence-electron chi connectivity index (χ4n) is 2.38. The van der Waals surface area contributed by atoms with Gasteiger partial charge in [-0.25, -0.2) is 0 Å². The van der Waals surface area contributed by atoms with Crippen molar-refractivity contribution >= 4 is 21.8 Å². The van der Waals surface area contributed by atoms with Crippen molar-refractivity contribution in [3.8, 4) is 0 Å². The summed E-state index contributed by atoms with van der Waals surface area (Å²) in [6.07, 6.45) is 0. The highest BCUT2D eigenvalue weighted by Crippen LogP contribution is 2.32. The monoisotopic (exact) mass is 225 g/mol. The van der Waals surface area contributed by atoms with Crippen LogP contribution >= 0.6 is 0 Å². The van der Waals surface area contributed by atoms with Crippen LogP contribution < -0.4 is 0 Å². The third kappa shape index (κ3) is 1.53. The zero-order valence-electron chi connectivity index (χ0n) is 9.99. The molecule has 0 aliphatic carbocycles. The van der Waals surface area contributed by atoms with Crippen molar-refractivity contribution < 1.29 is 5.11 Å². The van der Waals surface area contributed by atoms with Crippen LogP contribution in [-0.4, -0.2) is 10.1 Å². The van der Waals surface area contributed by atoms with Gasteiger partial charge in [-0.3, -0.25) is 0 Å². The summed E-state index contributed by atoms with van der Waals surface area (Å²) in [6, 6.07) is 14.3. The highest BCUT2D eigenvalue weighted by Gasteiger charge is 2.20. The molecule has 86 valence electrons. The molecule has 2 aromatic carbocycles. The molecule has 17 heavy (non-hydrogen) atoms. The van der Waals surface area contributed by atoms with Crippen molar-refractivity contribution in [2.45, 2.75) is 19.4 Å². The maximum atomic E-state index is 10.2. The molecule has 0 aliphatic heterocycles. The van der Waals surface area contributed by atoms with Crippen LogP contribution in [0.5, 0.6) is 0 Å². The molecule has 1 aromatic heterocycles. The molecule has 0 fully saturated rings. The van der Waals surface area contributed by atoms with Gasteiger partial charge >= 0.3 is 0 Å². The lowest BCUT2D eigenvalue weighted by Gasteiger charge is -2.18. The Hall–Kier alpha value is -1.80. The van der Waals surface area contributed by atoms with Gasteiger partial charge in [0.2, 0.25) is 0 Å². The molecule has 0 aliphatic rings. The molecule has 2 heteroatoms. The fraction of sp³-hybridized carbons (Fsp3) is 0.200. The second-order valence-corrected chi connectivity index (χ2v) is 4.96. The zero-order chi connectivity index (χ0) is 12.0. The Morgan fingerprint density at radius 3 is 2.41 bits per heavy atom. The average molecular weight is 225 g/mol. The maximum absolute atomic E-state index is 10.2. The topological polar surface area (TPSA) is 36.0 Å². The number of aromatic nitrogens is 1. The van der Waals surface area contributed by atoms with E-state index in [2.05, 4.69) is 23.2 Å². The number of aliphatic hydroxyl groups is 1. The van der Waals surface area contributed by atoms with E-state index >= 15 is 0 Å². The van der Waals surface area contributed by atoms with Crippen LogP contribution in [0.2, 0.25) is 0 Å². The fourth-order valence-corrected chi connectivity index (χ4v) is 2.38. The summed E-state index contributed by atoms with van der Waals surface area (Å²) < 4.78 is 0. The van der Waals surface area contributed by atoms with Crippen LogP contribution in [0.25, 0.3) is 21.8 Å². The molecule has 0 atom stereocenters. The van der Waals surface area contributed by atoms with E-state index in [-0.39, 0.29) is 0 Å². The number of rotatable bonds is 1. The van der Waals surface area contributed by atoms with Gasteiger partial charge < -0.3 is 10.1 Å². The van der Waals surface area contributed by atoms with Gasteiger partial charge in [0.15, 0.2) is 0 Å². The van der Waals surface area contributed by atoms with Crippen molar-refractivity contribution in [3.05, 3.63) is 48.0 Å². The van der Waals surface area contributed by atoms with E-state index in [9.17, 15) is 5.11 Å². The number of benzene rings is 2. The number of H-pyrrole nitrogens is 1. The van der Waals surface area contributed by atoms with Gasteiger partial charge in [0, 0.05) is 21.9 Å². The minimum Gasteiger partial charge on any atom is -0.386 e. The lowest BCUT2D eigenvalue weighted by atomic mass is 9.96. The second kappa shape index (κ2) is 3.34. The Balaban J connectivity index is 2.48. The Morgan fingerprint density at radius 2 is 1.65 bits per heavy atom. The third-order valence-corrected chi connectivity index (χ3v) is 3.20. The summed E-state index contributed by atoms with van der Waals surface area (Å²) in [7, 11) is 0. The lowest BCUT2D eigenvalue weighted by molar-refractivity contribution is 0.0800. The minimum absolute atomic E-state index is 0.833. The molecule has 0 spiro atoms. The quantitative estimate of drug-likeness (QED) is 0.652. The summed E-state index contributed by atoms with van der Waals surface area (Å²) in [5.41, 5.74) is 2.24. The van der Waals surface area contributed by atoms with E-state index in [1.807, 2.05) is 38.1 Å². The molecule has 3 rings (SSSR count). The maximum Gasteiger partial charge on any atom is 0.0860 e. The number of hydrogen-bond donors (Lipinski definition) is 2. The van der Waals surface area contributed by atoms with Crippen LogP contribution in [0.1, 0.15) is 19.4 Å². The molecular formula is C15H15NO. The number of hydrogen-bond acceptors (Lipinski definition) is 1. The Labute approximate surface area is 99.9 Å². The SMILES string of the molecule is CC(C)(O)c1cccc2c1[nH]c1ccccc12. The molecule has 1 heterocycles. The lowest BCUT2D eigenvalue weighted by Crippen LogP contribution is -2.15. The van der Waals surface area contributed by atoms with E-state index < -0.39 is 5.60 Å². The highest BCUT2D eigenvalue weighted by atomic mass is 16.3. The van der Waals surface area contributed by atoms with E-state index in [1.165, 1.54) is 10.8 Å². The smallest absolute Gasteiger partial charge is 0.0860 e. The molecule has 0 amide bonds. The summed E-state index contributed by atoms with van der Waals surface area (Å²) in [6.45, 7) is 3.63. The molecular weight excluding hydrogens is 210 g/mol. The largest absolute Gasteiger partial charge is 0.386 e. The summed E-state index contributed by atoms with van der Waals surface area (Å²) >= 11 is 0. The molecule has 2 nitrogen and oxygen atoms in total. The first-order valence-electron chi connectivity index (χ1n) is 5.79. The van der Waals surface area contributed by atoms with Crippen LogP contribution in [0.4, 0.5) is 0 Å². The van der Waals surface area contributed by atoms with Gasteiger partial charge in [-0.1, -0.05) is 36.4 Å². The molecule has 0 unspecified atom stereocenters. The van der Waals surface area contributed by atoms with Gasteiger partial charge in [0.1, 0.15) is 0 Å². The molecule has 0 saturated heterocycles. The van der Waals surface area contributed by atoms with Gasteiger partial charge in [-0.2, -0.15) is 0 Å². The van der Waals surface area contributed by atoms with Crippen molar-refractivity contribution in [1.29, 1.82) is 0 Å². The predicted molar refractivity (Wildman–Crippen MR) is 71.0 cm³/mol. The first-order valence-corrected chi connectivity index (χ1v) is 5.79. The zero-order valence-corrected chi connectivity index (χ0v) is 9.99. The number of para-hydroxylation sites is 2. The van der Waals surface area contributed by atoms with Crippen molar-refractivity contribution in [2.24, 2.45) is 0 Å². The summed E-state index contributed by atoms with van der Waals surface area (Å²) in [4.78, 5) is 3.39. The summed E-state index contributed by atoms with van der Waals surface area (Å²) in [5.74, 6) is 0. The number of nitrogens with one attached hydrogen (secondary N) is 1. The van der Waals surface area contributed by atoms with Crippen molar-refractivity contribution in [2.75, 3.05) is 0 Å². The van der Waals surface area contributed by atoms with Crippen LogP contribution in [0.15, 0.2) is 42.5 Å². The standard InChI is InChI=1S/C15H15NO/c1-15(2,17)12-8-5-7-11-10-6-3-4-9-13(10)16-14(11)12/h3-9,16-17H,1-2H3. The van der Waals surface area contributed by atoms with E-state index in [4.69, 9.17) is 0 Å². The van der Waals surface area contributed by atoms with Crippen LogP contribution in [0.3, 0.4) is 0 Å². The van der Waals surface area contributed by atoms with Gasteiger partial charge in [0.25, 0.3) is 0 Å². The number of fused-ring (bicyclic) bond motifs is 3. The molecule has 3 aromatic rings. The molecule has 0 saturated carbocycles. The van der Waals surface area contributed by atoms with Crippen LogP contribution in [-0.2, 0) is 5.60 Å². The normalized spacial score (nSPS) is 12.4. The Morgan fingerprint density at radius 1 is 0.941 bits per heavy atom. The minimum atomic E-state index is -0.833. The molecule has 0 radical (unpaired) electrons. The molecule has 2 N–H and O–H groups in total. The van der Waals surface area contributed by atoms with Crippen molar-refractivity contribution in [3.63, 3.8) is 0 Å². The Bertz CT molecular complexity index is 689. The predicted octanol–water partition coefficient (Wildman–Crippen LogP) is 3.55. The Kier molecular flexibility index (Phi) is 2.04. The molecule has 0 bridgehead atoms.